The molecule has 3 nitrogen and oxygen atoms in total. The van der Waals surface area contributed by atoms with Crippen molar-refractivity contribution < 1.29 is 4.79 Å². The lowest BCUT2D eigenvalue weighted by atomic mass is 10.0. The summed E-state index contributed by atoms with van der Waals surface area (Å²) in [5.74, 6) is -0.0217. The summed E-state index contributed by atoms with van der Waals surface area (Å²) < 4.78 is 0. The van der Waals surface area contributed by atoms with Crippen LogP contribution in [0.2, 0.25) is 10.0 Å². The van der Waals surface area contributed by atoms with E-state index in [9.17, 15) is 4.79 Å². The summed E-state index contributed by atoms with van der Waals surface area (Å²) in [4.78, 5) is 11.8. The first-order chi connectivity index (χ1) is 10.0. The molecule has 0 spiro atoms. The Morgan fingerprint density at radius 3 is 2.52 bits per heavy atom. The molecule has 0 saturated carbocycles. The number of benzene rings is 2. The quantitative estimate of drug-likeness (QED) is 0.895. The van der Waals surface area contributed by atoms with E-state index in [1.807, 2.05) is 42.3 Å². The Bertz CT molecular complexity index is 685. The van der Waals surface area contributed by atoms with Gasteiger partial charge in [0.1, 0.15) is 0 Å². The van der Waals surface area contributed by atoms with Gasteiger partial charge in [0.25, 0.3) is 0 Å². The Balaban J connectivity index is 1.99. The zero-order valence-corrected chi connectivity index (χ0v) is 12.9. The van der Waals surface area contributed by atoms with Crippen LogP contribution in [0.5, 0.6) is 0 Å². The third kappa shape index (κ3) is 2.85. The number of carbonyl (C=O) groups excluding carboxylic acids is 1. The van der Waals surface area contributed by atoms with E-state index >= 15 is 0 Å². The summed E-state index contributed by atoms with van der Waals surface area (Å²) >= 11 is 12.2. The first-order valence-corrected chi connectivity index (χ1v) is 7.40. The highest BCUT2D eigenvalue weighted by molar-refractivity contribution is 6.36. The van der Waals surface area contributed by atoms with Crippen LogP contribution < -0.4 is 10.4 Å². The highest BCUT2D eigenvalue weighted by atomic mass is 35.5. The van der Waals surface area contributed by atoms with Gasteiger partial charge in [0.05, 0.1) is 23.2 Å². The Morgan fingerprint density at radius 2 is 1.86 bits per heavy atom. The van der Waals surface area contributed by atoms with Crippen LogP contribution in [0.15, 0.2) is 42.5 Å². The van der Waals surface area contributed by atoms with Gasteiger partial charge in [-0.25, -0.2) is 0 Å². The predicted molar refractivity (Wildman–Crippen MR) is 85.6 cm³/mol. The molecule has 1 saturated heterocycles. The topological polar surface area (TPSA) is 32.3 Å². The van der Waals surface area contributed by atoms with Gasteiger partial charge in [-0.2, -0.15) is 0 Å². The number of rotatable bonds is 2. The molecule has 21 heavy (non-hydrogen) atoms. The van der Waals surface area contributed by atoms with Crippen LogP contribution in [0, 0.1) is 6.92 Å². The molecular weight excluding hydrogens is 307 g/mol. The van der Waals surface area contributed by atoms with E-state index in [-0.39, 0.29) is 11.9 Å². The van der Waals surface area contributed by atoms with Gasteiger partial charge in [-0.15, -0.1) is 0 Å². The van der Waals surface area contributed by atoms with Gasteiger partial charge in [-0.1, -0.05) is 53.0 Å². The normalized spacial score (nSPS) is 18.0. The van der Waals surface area contributed by atoms with E-state index in [1.165, 1.54) is 5.56 Å². The van der Waals surface area contributed by atoms with Crippen molar-refractivity contribution in [2.45, 2.75) is 19.4 Å². The summed E-state index contributed by atoms with van der Waals surface area (Å²) in [5, 5.41) is 2.90. The van der Waals surface area contributed by atoms with E-state index in [0.29, 0.717) is 16.5 Å². The Kier molecular flexibility index (Phi) is 3.79. The summed E-state index contributed by atoms with van der Waals surface area (Å²) in [6.45, 7) is 2.04. The Hall–Kier alpha value is -1.71. The molecule has 1 unspecified atom stereocenters. The van der Waals surface area contributed by atoms with Crippen molar-refractivity contribution in [1.29, 1.82) is 0 Å². The van der Waals surface area contributed by atoms with Crippen LogP contribution in [0.4, 0.5) is 5.69 Å². The van der Waals surface area contributed by atoms with Gasteiger partial charge in [-0.05, 0) is 30.7 Å². The molecule has 1 fully saturated rings. The molecule has 0 aliphatic carbocycles. The third-order valence-electron chi connectivity index (χ3n) is 3.57. The van der Waals surface area contributed by atoms with Crippen molar-refractivity contribution in [3.05, 3.63) is 63.6 Å². The van der Waals surface area contributed by atoms with E-state index in [2.05, 4.69) is 5.43 Å². The minimum atomic E-state index is -0.0724. The largest absolute Gasteiger partial charge is 0.276 e. The molecule has 1 atom stereocenters. The number of hydrazine groups is 1. The van der Waals surface area contributed by atoms with Crippen molar-refractivity contribution in [3.8, 4) is 0 Å². The molecule has 1 N–H and O–H groups in total. The van der Waals surface area contributed by atoms with Gasteiger partial charge in [-0.3, -0.25) is 15.2 Å². The van der Waals surface area contributed by atoms with Crippen LogP contribution >= 0.6 is 23.2 Å². The predicted octanol–water partition coefficient (Wildman–Crippen LogP) is 4.28. The second-order valence-electron chi connectivity index (χ2n) is 5.13. The molecule has 3 rings (SSSR count). The van der Waals surface area contributed by atoms with Crippen LogP contribution in [0.25, 0.3) is 0 Å². The molecule has 0 aromatic heterocycles. The highest BCUT2D eigenvalue weighted by Gasteiger charge is 2.32. The molecule has 1 heterocycles. The minimum absolute atomic E-state index is 0.0217. The van der Waals surface area contributed by atoms with E-state index in [1.54, 1.807) is 12.1 Å². The maximum Gasteiger partial charge on any atom is 0.241 e. The number of amides is 1. The second-order valence-corrected chi connectivity index (χ2v) is 5.97. The average Bonchev–Trinajstić information content (AvgIpc) is 2.81. The fourth-order valence-corrected chi connectivity index (χ4v) is 2.98. The van der Waals surface area contributed by atoms with Crippen LogP contribution in [-0.4, -0.2) is 5.91 Å². The van der Waals surface area contributed by atoms with Crippen LogP contribution in [-0.2, 0) is 4.79 Å². The minimum Gasteiger partial charge on any atom is -0.276 e. The molecule has 1 aliphatic rings. The van der Waals surface area contributed by atoms with E-state index in [4.69, 9.17) is 23.2 Å². The van der Waals surface area contributed by atoms with E-state index in [0.717, 1.165) is 11.3 Å². The van der Waals surface area contributed by atoms with Gasteiger partial charge in [0, 0.05) is 5.02 Å². The van der Waals surface area contributed by atoms with Crippen molar-refractivity contribution >= 4 is 34.8 Å². The summed E-state index contributed by atoms with van der Waals surface area (Å²) in [6.07, 6.45) is 0.405. The van der Waals surface area contributed by atoms with Crippen molar-refractivity contribution in [2.75, 3.05) is 5.01 Å². The SMILES string of the molecule is Cc1ccc(C2CC(=O)NN2c2ccc(Cl)cc2Cl)cc1. The lowest BCUT2D eigenvalue weighted by molar-refractivity contribution is -0.119. The van der Waals surface area contributed by atoms with Gasteiger partial charge in [0.15, 0.2) is 0 Å². The molecule has 1 aliphatic heterocycles. The Labute approximate surface area is 133 Å². The maximum atomic E-state index is 11.8. The van der Waals surface area contributed by atoms with Crippen molar-refractivity contribution in [2.24, 2.45) is 0 Å². The fourth-order valence-electron chi connectivity index (χ4n) is 2.49. The number of anilines is 1. The average molecular weight is 321 g/mol. The zero-order valence-electron chi connectivity index (χ0n) is 11.4. The molecule has 108 valence electrons. The molecule has 0 radical (unpaired) electrons. The zero-order chi connectivity index (χ0) is 15.0. The van der Waals surface area contributed by atoms with E-state index < -0.39 is 0 Å². The van der Waals surface area contributed by atoms with Gasteiger partial charge in [0.2, 0.25) is 5.91 Å². The lowest BCUT2D eigenvalue weighted by Crippen LogP contribution is -2.34. The second kappa shape index (κ2) is 5.58. The number of halogens is 2. The molecule has 2 aromatic rings. The smallest absolute Gasteiger partial charge is 0.241 e. The number of nitrogens with zero attached hydrogens (tertiary/aromatic N) is 1. The van der Waals surface area contributed by atoms with Gasteiger partial charge >= 0.3 is 0 Å². The fraction of sp³-hybridized carbons (Fsp3) is 0.188. The monoisotopic (exact) mass is 320 g/mol. The number of hydrogen-bond acceptors (Lipinski definition) is 2. The first kappa shape index (κ1) is 14.2. The van der Waals surface area contributed by atoms with Crippen LogP contribution in [0.1, 0.15) is 23.6 Å². The first-order valence-electron chi connectivity index (χ1n) is 6.65. The van der Waals surface area contributed by atoms with Gasteiger partial charge < -0.3 is 0 Å². The summed E-state index contributed by atoms with van der Waals surface area (Å²) in [7, 11) is 0. The summed E-state index contributed by atoms with van der Waals surface area (Å²) in [6, 6.07) is 13.3. The number of aryl methyl sites for hydroxylation is 1. The van der Waals surface area contributed by atoms with Crippen molar-refractivity contribution in [1.82, 2.24) is 5.43 Å². The molecular formula is C16H14Cl2N2O. The Morgan fingerprint density at radius 1 is 1.14 bits per heavy atom. The molecule has 2 aromatic carbocycles. The number of carbonyl (C=O) groups is 1. The molecule has 5 heteroatoms. The summed E-state index contributed by atoms with van der Waals surface area (Å²) in [5.41, 5.74) is 5.87. The highest BCUT2D eigenvalue weighted by Crippen LogP contribution is 2.37. The standard InChI is InChI=1S/C16H14Cl2N2O/c1-10-2-4-11(5-3-10)15-9-16(21)19-20(15)14-7-6-12(17)8-13(14)18/h2-8,15H,9H2,1H3,(H,19,21). The van der Waals surface area contributed by atoms with Crippen LogP contribution in [0.3, 0.4) is 0 Å². The maximum absolute atomic E-state index is 11.8. The number of hydrogen-bond donors (Lipinski definition) is 1. The van der Waals surface area contributed by atoms with Crippen molar-refractivity contribution in [3.63, 3.8) is 0 Å². The lowest BCUT2D eigenvalue weighted by Gasteiger charge is -2.26. The molecule has 0 bridgehead atoms. The molecule has 1 amide bonds. The number of nitrogens with one attached hydrogen (secondary N) is 1. The third-order valence-corrected chi connectivity index (χ3v) is 4.10.